The minimum atomic E-state index is -4.06. The van der Waals surface area contributed by atoms with Crippen LogP contribution in [0.5, 0.6) is 0 Å². The summed E-state index contributed by atoms with van der Waals surface area (Å²) < 4.78 is 24.2. The Labute approximate surface area is 376 Å². The molecule has 0 amide bonds. The molecule has 0 bridgehead atoms. The van der Waals surface area contributed by atoms with E-state index in [0.29, 0.717) is 0 Å². The zero-order valence-corrected chi connectivity index (χ0v) is 37.2. The van der Waals surface area contributed by atoms with E-state index >= 15 is 0 Å². The summed E-state index contributed by atoms with van der Waals surface area (Å²) >= 11 is -4.06. The van der Waals surface area contributed by atoms with E-state index < -0.39 is 13.3 Å². The molecule has 0 fully saturated rings. The van der Waals surface area contributed by atoms with Crippen LogP contribution in [0.4, 0.5) is 0 Å². The Kier molecular flexibility index (Phi) is 7.83. The molecule has 0 radical (unpaired) electrons. The Morgan fingerprint density at radius 1 is 0.277 bits per heavy atom. The molecule has 10 aromatic carbocycles. The first-order valence-corrected chi connectivity index (χ1v) is 26.4. The van der Waals surface area contributed by atoms with E-state index in [2.05, 4.69) is 240 Å². The van der Waals surface area contributed by atoms with Gasteiger partial charge in [-0.2, -0.15) is 0 Å². The van der Waals surface area contributed by atoms with Crippen LogP contribution in [0.3, 0.4) is 0 Å². The van der Waals surface area contributed by atoms with Gasteiger partial charge in [-0.1, -0.05) is 0 Å². The summed E-state index contributed by atoms with van der Waals surface area (Å²) in [5.41, 5.74) is 10.5. The average molecular weight is 892 g/mol. The van der Waals surface area contributed by atoms with Crippen molar-refractivity contribution in [2.24, 2.45) is 0 Å². The molecule has 4 aromatic heterocycles. The Morgan fingerprint density at radius 2 is 0.615 bits per heavy atom. The first kappa shape index (κ1) is 36.4. The zero-order chi connectivity index (χ0) is 42.6. The molecular weight excluding hydrogens is 853 g/mol. The van der Waals surface area contributed by atoms with Crippen LogP contribution in [-0.2, 0) is 0 Å². The van der Waals surface area contributed by atoms with Gasteiger partial charge in [0.05, 0.1) is 0 Å². The third kappa shape index (κ3) is 5.14. The summed E-state index contributed by atoms with van der Waals surface area (Å²) in [6.45, 7) is 0. The van der Waals surface area contributed by atoms with Gasteiger partial charge in [0.2, 0.25) is 0 Å². The number of fused-ring (bicyclic) bond motifs is 12. The molecule has 0 N–H and O–H groups in total. The normalized spacial score (nSPS) is 12.3. The molecule has 304 valence electrons. The fourth-order valence-electron chi connectivity index (χ4n) is 11.2. The van der Waals surface area contributed by atoms with Crippen LogP contribution in [0, 0.1) is 0 Å². The van der Waals surface area contributed by atoms with E-state index in [4.69, 9.17) is 8.83 Å². The van der Waals surface area contributed by atoms with Crippen molar-refractivity contribution in [1.82, 2.24) is 9.13 Å². The molecule has 0 aliphatic heterocycles. The van der Waals surface area contributed by atoms with E-state index in [-0.39, 0.29) is 0 Å². The second-order valence-electron chi connectivity index (χ2n) is 17.2. The van der Waals surface area contributed by atoms with E-state index in [9.17, 15) is 0 Å². The standard InChI is InChI=1S/C60H38GeN2O2/c1-3-17-39(18-4-1)61(40-19-5-2-6-20-40,51-27-15-25-47-49-37-41(33-35-57(49)64-59(47)51)62-53-29-11-7-21-43(53)44-22-8-12-30-54(44)62)52-28-16-26-48-50-38-42(34-36-58(50)65-60(48)52)63-55-31-13-9-23-45(55)46-24-10-14-32-56(46)63/h1-38H. The Bertz CT molecular complexity index is 3810. The van der Waals surface area contributed by atoms with Crippen molar-refractivity contribution in [2.45, 2.75) is 0 Å². The van der Waals surface area contributed by atoms with Crippen LogP contribution in [0.15, 0.2) is 239 Å². The summed E-state index contributed by atoms with van der Waals surface area (Å²) in [5, 5.41) is 9.38. The second kappa shape index (κ2) is 14.0. The van der Waals surface area contributed by atoms with Gasteiger partial charge in [0.25, 0.3) is 0 Å². The van der Waals surface area contributed by atoms with Gasteiger partial charge < -0.3 is 0 Å². The summed E-state index contributed by atoms with van der Waals surface area (Å²) in [7, 11) is 0. The summed E-state index contributed by atoms with van der Waals surface area (Å²) in [6.07, 6.45) is 0. The molecule has 14 aromatic rings. The topological polar surface area (TPSA) is 36.1 Å². The fourth-order valence-corrected chi connectivity index (χ4v) is 21.6. The van der Waals surface area contributed by atoms with Crippen molar-refractivity contribution in [2.75, 3.05) is 0 Å². The van der Waals surface area contributed by atoms with E-state index in [0.717, 1.165) is 55.3 Å². The van der Waals surface area contributed by atoms with Crippen molar-refractivity contribution in [3.05, 3.63) is 231 Å². The zero-order valence-electron chi connectivity index (χ0n) is 35.2. The number of hydrogen-bond donors (Lipinski definition) is 0. The number of rotatable bonds is 6. The molecule has 5 heteroatoms. The molecule has 0 unspecified atom stereocenters. The van der Waals surface area contributed by atoms with Gasteiger partial charge in [-0.3, -0.25) is 0 Å². The summed E-state index contributed by atoms with van der Waals surface area (Å²) in [4.78, 5) is 0. The molecule has 4 heterocycles. The molecule has 0 aliphatic carbocycles. The van der Waals surface area contributed by atoms with Gasteiger partial charge in [-0.25, -0.2) is 0 Å². The predicted molar refractivity (Wildman–Crippen MR) is 273 cm³/mol. The van der Waals surface area contributed by atoms with Crippen LogP contribution in [0.2, 0.25) is 0 Å². The number of hydrogen-bond acceptors (Lipinski definition) is 2. The number of benzene rings is 10. The molecular formula is C60H38GeN2O2. The molecule has 0 saturated carbocycles. The number of furan rings is 2. The Balaban J connectivity index is 1.04. The molecule has 4 nitrogen and oxygen atoms in total. The van der Waals surface area contributed by atoms with Crippen LogP contribution in [0.1, 0.15) is 0 Å². The molecule has 65 heavy (non-hydrogen) atoms. The van der Waals surface area contributed by atoms with E-state index in [1.165, 1.54) is 61.2 Å². The van der Waals surface area contributed by atoms with Crippen molar-refractivity contribution in [3.8, 4) is 11.4 Å². The molecule has 0 saturated heterocycles. The van der Waals surface area contributed by atoms with Crippen molar-refractivity contribution < 1.29 is 8.83 Å². The third-order valence-electron chi connectivity index (χ3n) is 13.9. The van der Waals surface area contributed by atoms with Crippen LogP contribution < -0.4 is 17.6 Å². The van der Waals surface area contributed by atoms with E-state index in [1.807, 2.05) is 0 Å². The van der Waals surface area contributed by atoms with Gasteiger partial charge in [0.15, 0.2) is 0 Å². The quantitative estimate of drug-likeness (QED) is 0.156. The molecule has 0 aliphatic rings. The van der Waals surface area contributed by atoms with Crippen LogP contribution in [-0.4, -0.2) is 22.4 Å². The Hall–Kier alpha value is -8.06. The van der Waals surface area contributed by atoms with Gasteiger partial charge in [0.1, 0.15) is 0 Å². The van der Waals surface area contributed by atoms with Crippen molar-refractivity contribution in [1.29, 1.82) is 0 Å². The SMILES string of the molecule is c1cc[c]([Ge]([c]2ccccc2)([c]2cccc3c2oc2ccc(-n4c5ccccc5c5ccccc54)cc23)[c]2cccc3c2oc2ccc(-n4c5ccccc5c5ccccc54)cc23)cc1. The van der Waals surface area contributed by atoms with Crippen LogP contribution in [0.25, 0.3) is 98.9 Å². The van der Waals surface area contributed by atoms with E-state index in [1.54, 1.807) is 0 Å². The third-order valence-corrected chi connectivity index (χ3v) is 23.9. The maximum absolute atomic E-state index is 7.20. The first-order valence-electron chi connectivity index (χ1n) is 22.3. The number of nitrogens with zero attached hydrogens (tertiary/aromatic N) is 2. The molecule has 0 spiro atoms. The number of aromatic nitrogens is 2. The average Bonchev–Trinajstić information content (AvgIpc) is 4.13. The number of para-hydroxylation sites is 6. The van der Waals surface area contributed by atoms with Gasteiger partial charge in [-0.05, 0) is 0 Å². The molecule has 14 rings (SSSR count). The second-order valence-corrected chi connectivity index (χ2v) is 25.0. The minimum absolute atomic E-state index is 0.869. The van der Waals surface area contributed by atoms with Crippen LogP contribution >= 0.6 is 0 Å². The predicted octanol–water partition coefficient (Wildman–Crippen LogP) is 13.1. The van der Waals surface area contributed by atoms with Crippen molar-refractivity contribution in [3.63, 3.8) is 0 Å². The maximum atomic E-state index is 7.20. The fraction of sp³-hybridized carbons (Fsp3) is 0. The molecule has 0 atom stereocenters. The van der Waals surface area contributed by atoms with Crippen molar-refractivity contribution >= 4 is 118 Å². The Morgan fingerprint density at radius 3 is 1.00 bits per heavy atom. The first-order chi connectivity index (χ1) is 32.3. The summed E-state index contributed by atoms with van der Waals surface area (Å²) in [5.74, 6) is 0. The van der Waals surface area contributed by atoms with Gasteiger partial charge in [0, 0.05) is 0 Å². The van der Waals surface area contributed by atoms with Gasteiger partial charge in [-0.15, -0.1) is 0 Å². The summed E-state index contributed by atoms with van der Waals surface area (Å²) in [6, 6.07) is 84.1. The monoisotopic (exact) mass is 892 g/mol. The van der Waals surface area contributed by atoms with Gasteiger partial charge >= 0.3 is 378 Å².